The Labute approximate surface area is 76.2 Å². The minimum Gasteiger partial charge on any atom is -0.316 e. The predicted molar refractivity (Wildman–Crippen MR) is 49.5 cm³/mol. The highest BCUT2D eigenvalue weighted by molar-refractivity contribution is 7.10. The van der Waals surface area contributed by atoms with Gasteiger partial charge in [0.1, 0.15) is 0 Å². The first-order valence-electron chi connectivity index (χ1n) is 4.37. The zero-order valence-electron chi connectivity index (χ0n) is 6.92. The van der Waals surface area contributed by atoms with E-state index in [1.54, 1.807) is 11.3 Å². The van der Waals surface area contributed by atoms with Crippen molar-refractivity contribution in [3.05, 3.63) is 21.9 Å². The second-order valence-corrected chi connectivity index (χ2v) is 4.19. The lowest BCUT2D eigenvalue weighted by atomic mass is 10.1. The largest absolute Gasteiger partial charge is 0.316 e. The van der Waals surface area contributed by atoms with Gasteiger partial charge in [-0.25, -0.2) is 0 Å². The van der Waals surface area contributed by atoms with E-state index in [1.165, 1.54) is 29.7 Å². The Kier molecular flexibility index (Phi) is 2.44. The topological polar surface area (TPSA) is 32.3 Å². The lowest BCUT2D eigenvalue weighted by Gasteiger charge is -2.11. The molecule has 1 aromatic rings. The van der Waals surface area contributed by atoms with Crippen molar-refractivity contribution >= 4 is 11.3 Å². The molecule has 0 saturated heterocycles. The molecule has 0 aliphatic heterocycles. The molecule has 1 unspecified atom stereocenters. The second-order valence-electron chi connectivity index (χ2n) is 3.24. The van der Waals surface area contributed by atoms with Crippen molar-refractivity contribution in [2.24, 2.45) is 0 Å². The van der Waals surface area contributed by atoms with Crippen LogP contribution in [-0.2, 0) is 6.42 Å². The van der Waals surface area contributed by atoms with Gasteiger partial charge in [0.25, 0.3) is 0 Å². The van der Waals surface area contributed by atoms with Crippen LogP contribution in [-0.4, -0.2) is 5.21 Å². The van der Waals surface area contributed by atoms with Crippen LogP contribution in [0.1, 0.15) is 35.7 Å². The minimum absolute atomic E-state index is 0.183. The van der Waals surface area contributed by atoms with Crippen molar-refractivity contribution in [3.8, 4) is 0 Å². The lowest BCUT2D eigenvalue weighted by Crippen LogP contribution is -2.15. The fourth-order valence-electron chi connectivity index (χ4n) is 1.78. The van der Waals surface area contributed by atoms with Gasteiger partial charge < -0.3 is 5.21 Å². The van der Waals surface area contributed by atoms with E-state index in [0.29, 0.717) is 0 Å². The fourth-order valence-corrected chi connectivity index (χ4v) is 2.81. The smallest absolute Gasteiger partial charge is 0.0664 e. The van der Waals surface area contributed by atoms with Crippen LogP contribution in [0, 0.1) is 0 Å². The summed E-state index contributed by atoms with van der Waals surface area (Å²) >= 11 is 1.75. The normalized spacial score (nSPS) is 23.2. The summed E-state index contributed by atoms with van der Waals surface area (Å²) in [6, 6.07) is 2.36. The molecule has 1 aromatic heterocycles. The molecule has 1 atom stereocenters. The molecule has 2 rings (SSSR count). The number of thiophene rings is 1. The molecule has 3 heteroatoms. The quantitative estimate of drug-likeness (QED) is 0.518. The van der Waals surface area contributed by atoms with Gasteiger partial charge in [-0.3, -0.25) is 0 Å². The molecule has 0 bridgehead atoms. The highest BCUT2D eigenvalue weighted by atomic mass is 32.1. The summed E-state index contributed by atoms with van der Waals surface area (Å²) in [6.07, 6.45) is 4.70. The van der Waals surface area contributed by atoms with Crippen LogP contribution in [0.25, 0.3) is 0 Å². The van der Waals surface area contributed by atoms with Crippen LogP contribution in [0.2, 0.25) is 0 Å². The van der Waals surface area contributed by atoms with Crippen LogP contribution in [0.4, 0.5) is 0 Å². The molecule has 0 aromatic carbocycles. The summed E-state index contributed by atoms with van der Waals surface area (Å²) in [6.45, 7) is 0. The van der Waals surface area contributed by atoms with Crippen molar-refractivity contribution in [2.45, 2.75) is 31.7 Å². The maximum absolute atomic E-state index is 8.94. The average molecular weight is 183 g/mol. The lowest BCUT2D eigenvalue weighted by molar-refractivity contribution is 0.123. The number of aryl methyl sites for hydroxylation is 1. The van der Waals surface area contributed by atoms with Crippen LogP contribution in [0.15, 0.2) is 11.4 Å². The van der Waals surface area contributed by atoms with Crippen LogP contribution in [0.3, 0.4) is 0 Å². The number of fused-ring (bicyclic) bond motifs is 1. The Morgan fingerprint density at radius 2 is 2.42 bits per heavy atom. The van der Waals surface area contributed by atoms with Gasteiger partial charge in [-0.2, -0.15) is 5.48 Å². The monoisotopic (exact) mass is 183 g/mol. The van der Waals surface area contributed by atoms with Crippen molar-refractivity contribution in [1.29, 1.82) is 0 Å². The van der Waals surface area contributed by atoms with Crippen molar-refractivity contribution in [1.82, 2.24) is 5.48 Å². The SMILES string of the molecule is ONC1CCCCc2ccsc21. The first kappa shape index (κ1) is 8.23. The highest BCUT2D eigenvalue weighted by Gasteiger charge is 2.18. The molecule has 0 amide bonds. The Bertz CT molecular complexity index is 259. The number of hydrogen-bond donors (Lipinski definition) is 2. The fraction of sp³-hybridized carbons (Fsp3) is 0.556. The summed E-state index contributed by atoms with van der Waals surface area (Å²) in [4.78, 5) is 1.33. The molecule has 66 valence electrons. The van der Waals surface area contributed by atoms with Gasteiger partial charge >= 0.3 is 0 Å². The van der Waals surface area contributed by atoms with Crippen LogP contribution >= 0.6 is 11.3 Å². The highest BCUT2D eigenvalue weighted by Crippen LogP contribution is 2.32. The Morgan fingerprint density at radius 1 is 1.50 bits per heavy atom. The van der Waals surface area contributed by atoms with Gasteiger partial charge in [0.05, 0.1) is 6.04 Å². The predicted octanol–water partition coefficient (Wildman–Crippen LogP) is 2.49. The molecule has 0 spiro atoms. The summed E-state index contributed by atoms with van der Waals surface area (Å²) in [7, 11) is 0. The van der Waals surface area contributed by atoms with E-state index in [4.69, 9.17) is 5.21 Å². The van der Waals surface area contributed by atoms with E-state index in [9.17, 15) is 0 Å². The first-order chi connectivity index (χ1) is 5.92. The molecule has 0 saturated carbocycles. The standard InChI is InChI=1S/C9H13NOS/c11-10-8-4-2-1-3-7-5-6-12-9(7)8/h5-6,8,10-11H,1-4H2. The second kappa shape index (κ2) is 3.56. The van der Waals surface area contributed by atoms with E-state index in [1.807, 2.05) is 0 Å². The van der Waals surface area contributed by atoms with Crippen LogP contribution in [0.5, 0.6) is 0 Å². The van der Waals surface area contributed by atoms with Crippen molar-refractivity contribution < 1.29 is 5.21 Å². The minimum atomic E-state index is 0.183. The summed E-state index contributed by atoms with van der Waals surface area (Å²) in [5.41, 5.74) is 3.82. The van der Waals surface area contributed by atoms with Crippen molar-refractivity contribution in [2.75, 3.05) is 0 Å². The molecule has 2 N–H and O–H groups in total. The number of rotatable bonds is 1. The third kappa shape index (κ3) is 1.40. The molecular weight excluding hydrogens is 170 g/mol. The van der Waals surface area contributed by atoms with Gasteiger partial charge in [0, 0.05) is 4.88 Å². The van der Waals surface area contributed by atoms with Gasteiger partial charge in [-0.05, 0) is 36.3 Å². The molecule has 0 fully saturated rings. The maximum atomic E-state index is 8.94. The summed E-state index contributed by atoms with van der Waals surface area (Å²) in [5.74, 6) is 0. The van der Waals surface area contributed by atoms with E-state index in [0.717, 1.165) is 6.42 Å². The number of hydrogen-bond acceptors (Lipinski definition) is 3. The third-order valence-electron chi connectivity index (χ3n) is 2.44. The first-order valence-corrected chi connectivity index (χ1v) is 5.25. The summed E-state index contributed by atoms with van der Waals surface area (Å²) < 4.78 is 0. The van der Waals surface area contributed by atoms with Gasteiger partial charge in [-0.15, -0.1) is 11.3 Å². The van der Waals surface area contributed by atoms with E-state index in [2.05, 4.69) is 16.9 Å². The maximum Gasteiger partial charge on any atom is 0.0664 e. The zero-order chi connectivity index (χ0) is 8.39. The van der Waals surface area contributed by atoms with E-state index >= 15 is 0 Å². The molecule has 1 aliphatic carbocycles. The Hall–Kier alpha value is -0.380. The summed E-state index contributed by atoms with van der Waals surface area (Å²) in [5, 5.41) is 11.0. The van der Waals surface area contributed by atoms with Gasteiger partial charge in [0.2, 0.25) is 0 Å². The van der Waals surface area contributed by atoms with Crippen LogP contribution < -0.4 is 5.48 Å². The average Bonchev–Trinajstić information content (AvgIpc) is 2.46. The van der Waals surface area contributed by atoms with E-state index < -0.39 is 0 Å². The molecule has 1 heterocycles. The van der Waals surface area contributed by atoms with E-state index in [-0.39, 0.29) is 6.04 Å². The molecule has 2 nitrogen and oxygen atoms in total. The molecular formula is C9H13NOS. The molecule has 0 radical (unpaired) electrons. The number of hydroxylamine groups is 1. The molecule has 12 heavy (non-hydrogen) atoms. The zero-order valence-corrected chi connectivity index (χ0v) is 7.73. The van der Waals surface area contributed by atoms with Crippen molar-refractivity contribution in [3.63, 3.8) is 0 Å². The van der Waals surface area contributed by atoms with Gasteiger partial charge in [0.15, 0.2) is 0 Å². The molecule has 1 aliphatic rings. The third-order valence-corrected chi connectivity index (χ3v) is 3.51. The number of nitrogens with one attached hydrogen (secondary N) is 1. The Morgan fingerprint density at radius 3 is 3.25 bits per heavy atom. The van der Waals surface area contributed by atoms with Gasteiger partial charge in [-0.1, -0.05) is 6.42 Å². The Balaban J connectivity index is 2.29.